The Labute approximate surface area is 130 Å². The Bertz CT molecular complexity index is 493. The number of nitrogens with zero attached hydrogens (tertiary/aromatic N) is 2. The van der Waals surface area contributed by atoms with Gasteiger partial charge in [-0.3, -0.25) is 9.59 Å². The molecule has 0 saturated carbocycles. The summed E-state index contributed by atoms with van der Waals surface area (Å²) in [6.07, 6.45) is 0.331. The molecular weight excluding hydrogens is 312 g/mol. The van der Waals surface area contributed by atoms with Crippen LogP contribution < -0.4 is 0 Å². The quantitative estimate of drug-likeness (QED) is 0.567. The molecule has 9 heteroatoms. The molecule has 128 valence electrons. The minimum Gasteiger partial charge on any atom is -0.395 e. The van der Waals surface area contributed by atoms with Crippen LogP contribution >= 0.6 is 0 Å². The van der Waals surface area contributed by atoms with Gasteiger partial charge < -0.3 is 19.6 Å². The summed E-state index contributed by atoms with van der Waals surface area (Å²) in [4.78, 5) is 27.2. The molecule has 0 spiro atoms. The number of amides is 2. The van der Waals surface area contributed by atoms with Crippen LogP contribution in [-0.4, -0.2) is 92.6 Å². The highest BCUT2D eigenvalue weighted by molar-refractivity contribution is 7.91. The number of aliphatic hydroxyl groups is 1. The predicted octanol–water partition coefficient (Wildman–Crippen LogP) is -1.51. The number of sulfone groups is 1. The van der Waals surface area contributed by atoms with Crippen molar-refractivity contribution in [1.29, 1.82) is 0 Å². The van der Waals surface area contributed by atoms with Crippen LogP contribution in [0.25, 0.3) is 0 Å². The smallest absolute Gasteiger partial charge is 0.312 e. The molecule has 0 aromatic heterocycles. The van der Waals surface area contributed by atoms with Gasteiger partial charge in [0, 0.05) is 32.8 Å². The molecule has 1 heterocycles. The van der Waals surface area contributed by atoms with Crippen molar-refractivity contribution in [2.45, 2.75) is 19.4 Å². The van der Waals surface area contributed by atoms with Gasteiger partial charge in [-0.05, 0) is 13.3 Å². The van der Waals surface area contributed by atoms with Crippen molar-refractivity contribution in [2.75, 3.05) is 51.5 Å². The highest BCUT2D eigenvalue weighted by atomic mass is 32.2. The first kappa shape index (κ1) is 18.9. The molecule has 1 atom stereocenters. The molecule has 1 N–H and O–H groups in total. The number of ether oxygens (including phenoxy) is 1. The third-order valence-electron chi connectivity index (χ3n) is 3.67. The highest BCUT2D eigenvalue weighted by Crippen LogP contribution is 2.18. The van der Waals surface area contributed by atoms with Gasteiger partial charge in [0.1, 0.15) is 0 Å². The van der Waals surface area contributed by atoms with Crippen LogP contribution in [0.1, 0.15) is 13.3 Å². The van der Waals surface area contributed by atoms with Crippen molar-refractivity contribution < 1.29 is 27.9 Å². The number of hydrogen-bond acceptors (Lipinski definition) is 6. The third kappa shape index (κ3) is 4.92. The minimum atomic E-state index is -3.16. The summed E-state index contributed by atoms with van der Waals surface area (Å²) in [7, 11) is -1.69. The Hall–Kier alpha value is -1.19. The maximum Gasteiger partial charge on any atom is 0.312 e. The van der Waals surface area contributed by atoms with Crippen LogP contribution in [0.5, 0.6) is 0 Å². The summed E-state index contributed by atoms with van der Waals surface area (Å²) >= 11 is 0. The zero-order valence-electron chi connectivity index (χ0n) is 13.0. The number of methoxy groups -OCH3 is 1. The Morgan fingerprint density at radius 2 is 1.95 bits per heavy atom. The van der Waals surface area contributed by atoms with E-state index in [1.165, 1.54) is 16.9 Å². The van der Waals surface area contributed by atoms with E-state index < -0.39 is 27.7 Å². The summed E-state index contributed by atoms with van der Waals surface area (Å²) in [5, 5.41) is 8.94. The van der Waals surface area contributed by atoms with E-state index in [1.807, 2.05) is 0 Å². The van der Waals surface area contributed by atoms with Gasteiger partial charge in [0.25, 0.3) is 0 Å². The molecule has 1 rings (SSSR count). The maximum atomic E-state index is 12.4. The van der Waals surface area contributed by atoms with Crippen molar-refractivity contribution in [1.82, 2.24) is 9.80 Å². The van der Waals surface area contributed by atoms with E-state index in [9.17, 15) is 18.0 Å². The van der Waals surface area contributed by atoms with E-state index in [0.717, 1.165) is 0 Å². The van der Waals surface area contributed by atoms with Crippen molar-refractivity contribution in [2.24, 2.45) is 0 Å². The van der Waals surface area contributed by atoms with Crippen molar-refractivity contribution in [3.8, 4) is 0 Å². The molecule has 1 unspecified atom stereocenters. The van der Waals surface area contributed by atoms with Crippen molar-refractivity contribution in [3.05, 3.63) is 0 Å². The molecule has 0 aromatic carbocycles. The third-order valence-corrected chi connectivity index (χ3v) is 5.42. The number of rotatable bonds is 7. The van der Waals surface area contributed by atoms with Crippen LogP contribution in [0.3, 0.4) is 0 Å². The molecular formula is C13H24N2O6S. The van der Waals surface area contributed by atoms with Gasteiger partial charge in [-0.1, -0.05) is 0 Å². The van der Waals surface area contributed by atoms with Gasteiger partial charge in [-0.25, -0.2) is 8.42 Å². The lowest BCUT2D eigenvalue weighted by molar-refractivity contribution is -0.153. The number of likely N-dealkylation sites (N-methyl/N-ethyl adjacent to an activating group) is 1. The van der Waals surface area contributed by atoms with Gasteiger partial charge >= 0.3 is 11.8 Å². The molecule has 22 heavy (non-hydrogen) atoms. The summed E-state index contributed by atoms with van der Waals surface area (Å²) in [5.41, 5.74) is 0. The first-order valence-corrected chi connectivity index (χ1v) is 9.08. The van der Waals surface area contributed by atoms with Gasteiger partial charge in [0.15, 0.2) is 9.84 Å². The Balaban J connectivity index is 2.86. The van der Waals surface area contributed by atoms with Gasteiger partial charge in [0.05, 0.1) is 24.7 Å². The van der Waals surface area contributed by atoms with E-state index in [4.69, 9.17) is 9.84 Å². The fourth-order valence-corrected chi connectivity index (χ4v) is 4.17. The Morgan fingerprint density at radius 1 is 1.27 bits per heavy atom. The van der Waals surface area contributed by atoms with E-state index in [0.29, 0.717) is 13.0 Å². The molecule has 2 amide bonds. The molecule has 0 radical (unpaired) electrons. The molecule has 1 aliphatic rings. The zero-order chi connectivity index (χ0) is 16.8. The molecule has 1 aliphatic heterocycles. The largest absolute Gasteiger partial charge is 0.395 e. The van der Waals surface area contributed by atoms with Crippen LogP contribution in [-0.2, 0) is 24.2 Å². The van der Waals surface area contributed by atoms with Gasteiger partial charge in [-0.2, -0.15) is 0 Å². The second-order valence-electron chi connectivity index (χ2n) is 5.16. The lowest BCUT2D eigenvalue weighted by atomic mass is 10.2. The molecule has 1 fully saturated rings. The van der Waals surface area contributed by atoms with Crippen LogP contribution in [0, 0.1) is 0 Å². The average molecular weight is 336 g/mol. The predicted molar refractivity (Wildman–Crippen MR) is 80.0 cm³/mol. The minimum absolute atomic E-state index is 0.0246. The number of aliphatic hydroxyl groups excluding tert-OH is 1. The van der Waals surface area contributed by atoms with Crippen molar-refractivity contribution in [3.63, 3.8) is 0 Å². The SMILES string of the molecule is CCN(CCO)C(=O)C(=O)N(CCOC)C1CCS(=O)(=O)C1. The molecule has 0 bridgehead atoms. The fraction of sp³-hybridized carbons (Fsp3) is 0.846. The second kappa shape index (κ2) is 8.44. The van der Waals surface area contributed by atoms with Crippen LogP contribution in [0.15, 0.2) is 0 Å². The van der Waals surface area contributed by atoms with E-state index in [-0.39, 0.29) is 37.8 Å². The number of carbonyl (C=O) groups excluding carboxylic acids is 2. The topological polar surface area (TPSA) is 104 Å². The van der Waals surface area contributed by atoms with Gasteiger partial charge in [-0.15, -0.1) is 0 Å². The van der Waals surface area contributed by atoms with Crippen LogP contribution in [0.4, 0.5) is 0 Å². The van der Waals surface area contributed by atoms with Crippen molar-refractivity contribution >= 4 is 21.7 Å². The summed E-state index contributed by atoms with van der Waals surface area (Å²) < 4.78 is 28.2. The average Bonchev–Trinajstić information content (AvgIpc) is 2.84. The van der Waals surface area contributed by atoms with Crippen LogP contribution in [0.2, 0.25) is 0 Å². The van der Waals surface area contributed by atoms with E-state index in [2.05, 4.69) is 0 Å². The summed E-state index contributed by atoms with van der Waals surface area (Å²) in [6, 6.07) is -0.496. The normalized spacial score (nSPS) is 19.9. The fourth-order valence-electron chi connectivity index (χ4n) is 2.44. The molecule has 1 saturated heterocycles. The number of hydrogen-bond donors (Lipinski definition) is 1. The zero-order valence-corrected chi connectivity index (χ0v) is 13.8. The first-order chi connectivity index (χ1) is 10.4. The monoisotopic (exact) mass is 336 g/mol. The maximum absolute atomic E-state index is 12.4. The van der Waals surface area contributed by atoms with E-state index >= 15 is 0 Å². The summed E-state index contributed by atoms with van der Waals surface area (Å²) in [6.45, 7) is 2.23. The first-order valence-electron chi connectivity index (χ1n) is 7.26. The Morgan fingerprint density at radius 3 is 2.41 bits per heavy atom. The molecule has 0 aromatic rings. The number of carbonyl (C=O) groups is 2. The lowest BCUT2D eigenvalue weighted by Gasteiger charge is -2.29. The highest BCUT2D eigenvalue weighted by Gasteiger charge is 2.37. The van der Waals surface area contributed by atoms with Gasteiger partial charge in [0.2, 0.25) is 0 Å². The summed E-state index contributed by atoms with van der Waals surface area (Å²) in [5.74, 6) is -1.56. The second-order valence-corrected chi connectivity index (χ2v) is 7.39. The van der Waals surface area contributed by atoms with E-state index in [1.54, 1.807) is 6.92 Å². The molecule has 0 aliphatic carbocycles. The Kier molecular flexibility index (Phi) is 7.24. The standard InChI is InChI=1S/C13H24N2O6S/c1-3-14(5-7-16)12(17)13(18)15(6-8-21-2)11-4-9-22(19,20)10-11/h11,16H,3-10H2,1-2H3. The molecule has 8 nitrogen and oxygen atoms in total. The lowest BCUT2D eigenvalue weighted by Crippen LogP contribution is -2.51.